The number of carbonyl (C=O) groups excluding carboxylic acids is 2. The molecule has 2 N–H and O–H groups in total. The molecule has 3 aliphatic rings. The Balaban J connectivity index is 1.64. The number of rotatable bonds is 3. The second kappa shape index (κ2) is 5.37. The summed E-state index contributed by atoms with van der Waals surface area (Å²) in [5.74, 6) is 0.225. The maximum absolute atomic E-state index is 12.2. The van der Waals surface area contributed by atoms with E-state index in [1.165, 1.54) is 0 Å². The summed E-state index contributed by atoms with van der Waals surface area (Å²) in [5, 5.41) is 5.75. The first-order valence-electron chi connectivity index (χ1n) is 8.01. The summed E-state index contributed by atoms with van der Waals surface area (Å²) in [6.45, 7) is 1.84. The number of amides is 2. The normalized spacial score (nSPS) is 28.2. The molecule has 3 heterocycles. The second-order valence-electron chi connectivity index (χ2n) is 6.59. The molecule has 2 amide bonds. The van der Waals surface area contributed by atoms with E-state index < -0.39 is 11.6 Å². The van der Waals surface area contributed by atoms with Gasteiger partial charge in [-0.15, -0.1) is 0 Å². The number of para-hydroxylation sites is 1. The number of ether oxygens (including phenoxy) is 1. The molecule has 0 aromatic heterocycles. The summed E-state index contributed by atoms with van der Waals surface area (Å²) >= 11 is 0. The molecule has 0 unspecified atom stereocenters. The molecule has 2 aromatic carbocycles. The van der Waals surface area contributed by atoms with Gasteiger partial charge >= 0.3 is 0 Å². The van der Waals surface area contributed by atoms with Crippen LogP contribution < -0.4 is 15.4 Å². The molecule has 0 radical (unpaired) electrons. The van der Waals surface area contributed by atoms with Crippen LogP contribution in [0.4, 0.5) is 0 Å². The van der Waals surface area contributed by atoms with E-state index >= 15 is 0 Å². The van der Waals surface area contributed by atoms with Gasteiger partial charge in [-0.2, -0.15) is 0 Å². The highest BCUT2D eigenvalue weighted by Crippen LogP contribution is 2.41. The van der Waals surface area contributed by atoms with Gasteiger partial charge in [0, 0.05) is 5.92 Å². The number of piperidine rings is 2. The van der Waals surface area contributed by atoms with Crippen molar-refractivity contribution in [1.82, 2.24) is 10.6 Å². The molecule has 0 saturated carbocycles. The number of fused-ring (bicyclic) bond motifs is 3. The molecule has 5 heteroatoms. The molecule has 5 nitrogen and oxygen atoms in total. The van der Waals surface area contributed by atoms with Crippen LogP contribution in [0, 0.1) is 5.92 Å². The van der Waals surface area contributed by atoms with E-state index in [2.05, 4.69) is 10.6 Å². The van der Waals surface area contributed by atoms with E-state index in [0.717, 1.165) is 11.3 Å². The maximum Gasteiger partial charge on any atom is 0.235 e. The van der Waals surface area contributed by atoms with Crippen molar-refractivity contribution in [1.29, 1.82) is 0 Å². The molecule has 24 heavy (non-hydrogen) atoms. The van der Waals surface area contributed by atoms with Crippen molar-refractivity contribution in [2.45, 2.75) is 24.9 Å². The van der Waals surface area contributed by atoms with Crippen molar-refractivity contribution in [2.75, 3.05) is 0 Å². The lowest BCUT2D eigenvalue weighted by molar-refractivity contribution is -0.149. The van der Waals surface area contributed by atoms with Gasteiger partial charge in [-0.1, -0.05) is 30.3 Å². The average Bonchev–Trinajstić information content (AvgIpc) is 2.54. The molecule has 122 valence electrons. The molecule has 3 saturated heterocycles. The Morgan fingerprint density at radius 3 is 2.29 bits per heavy atom. The fourth-order valence-electron chi connectivity index (χ4n) is 3.62. The van der Waals surface area contributed by atoms with Crippen LogP contribution in [0.2, 0.25) is 0 Å². The van der Waals surface area contributed by atoms with Crippen LogP contribution in [-0.2, 0) is 9.59 Å². The minimum atomic E-state index is -0.682. The monoisotopic (exact) mass is 322 g/mol. The number of benzene rings is 2. The quantitative estimate of drug-likeness (QED) is 0.854. The van der Waals surface area contributed by atoms with Crippen molar-refractivity contribution in [3.8, 4) is 11.5 Å². The Kier molecular flexibility index (Phi) is 3.30. The van der Waals surface area contributed by atoms with Crippen LogP contribution in [0.15, 0.2) is 54.6 Å². The van der Waals surface area contributed by atoms with Gasteiger partial charge < -0.3 is 15.4 Å². The highest BCUT2D eigenvalue weighted by Gasteiger charge is 2.53. The van der Waals surface area contributed by atoms with Gasteiger partial charge in [0.15, 0.2) is 0 Å². The molecule has 0 spiro atoms. The molecular formula is C19H18N2O3. The Labute approximate surface area is 140 Å². The van der Waals surface area contributed by atoms with Gasteiger partial charge in [0.2, 0.25) is 11.8 Å². The summed E-state index contributed by atoms with van der Waals surface area (Å²) in [6, 6.07) is 17.2. The minimum absolute atomic E-state index is 0.142. The van der Waals surface area contributed by atoms with Gasteiger partial charge in [0.1, 0.15) is 23.1 Å². The first-order chi connectivity index (χ1) is 11.5. The fourth-order valence-corrected chi connectivity index (χ4v) is 3.62. The lowest BCUT2D eigenvalue weighted by Gasteiger charge is -2.48. The summed E-state index contributed by atoms with van der Waals surface area (Å²) in [4.78, 5) is 24.5. The summed E-state index contributed by atoms with van der Waals surface area (Å²) < 4.78 is 5.87. The zero-order valence-electron chi connectivity index (χ0n) is 13.3. The lowest BCUT2D eigenvalue weighted by atomic mass is 9.72. The van der Waals surface area contributed by atoms with Crippen molar-refractivity contribution in [3.63, 3.8) is 0 Å². The van der Waals surface area contributed by atoms with Gasteiger partial charge in [-0.3, -0.25) is 9.59 Å². The summed E-state index contributed by atoms with van der Waals surface area (Å²) in [5.41, 5.74) is 0.272. The van der Waals surface area contributed by atoms with E-state index in [1.54, 1.807) is 0 Å². The van der Waals surface area contributed by atoms with Crippen LogP contribution in [0.5, 0.6) is 11.5 Å². The molecule has 2 aromatic rings. The van der Waals surface area contributed by atoms with Gasteiger partial charge in [0.05, 0.1) is 0 Å². The Morgan fingerprint density at radius 1 is 0.958 bits per heavy atom. The topological polar surface area (TPSA) is 67.4 Å². The number of hydrogen-bond donors (Lipinski definition) is 2. The molecule has 3 fully saturated rings. The highest BCUT2D eigenvalue weighted by atomic mass is 16.5. The van der Waals surface area contributed by atoms with Crippen molar-refractivity contribution >= 4 is 11.8 Å². The first-order valence-corrected chi connectivity index (χ1v) is 8.01. The van der Waals surface area contributed by atoms with Gasteiger partial charge in [0.25, 0.3) is 0 Å². The average molecular weight is 322 g/mol. The van der Waals surface area contributed by atoms with Crippen molar-refractivity contribution in [2.24, 2.45) is 5.92 Å². The number of hydrogen-bond acceptors (Lipinski definition) is 3. The predicted octanol–water partition coefficient (Wildman–Crippen LogP) is 2.54. The third-order valence-electron chi connectivity index (χ3n) is 4.66. The maximum atomic E-state index is 12.2. The van der Waals surface area contributed by atoms with Crippen molar-refractivity contribution in [3.05, 3.63) is 60.2 Å². The standard InChI is InChI=1S/C19H18N2O3/c1-19-11-15(16(17(22)20-19)18(23)21-19)12-6-5-9-14(10-12)24-13-7-3-2-4-8-13/h2-10,15-16H,11H2,1H3,(H,20,22)(H,21,23)/t15-,16?,19?/m0/s1. The van der Waals surface area contributed by atoms with E-state index in [1.807, 2.05) is 61.5 Å². The Hall–Kier alpha value is -2.82. The van der Waals surface area contributed by atoms with E-state index in [4.69, 9.17) is 4.74 Å². The van der Waals surface area contributed by atoms with Crippen LogP contribution in [0.25, 0.3) is 0 Å². The summed E-state index contributed by atoms with van der Waals surface area (Å²) in [6.07, 6.45) is 0.671. The van der Waals surface area contributed by atoms with E-state index in [-0.39, 0.29) is 17.7 Å². The second-order valence-corrected chi connectivity index (χ2v) is 6.59. The van der Waals surface area contributed by atoms with Gasteiger partial charge in [-0.05, 0) is 43.2 Å². The zero-order valence-corrected chi connectivity index (χ0v) is 13.3. The molecule has 3 aliphatic heterocycles. The van der Waals surface area contributed by atoms with E-state index in [9.17, 15) is 9.59 Å². The third kappa shape index (κ3) is 2.52. The predicted molar refractivity (Wildman–Crippen MR) is 88.5 cm³/mol. The number of carbonyl (C=O) groups is 2. The summed E-state index contributed by atoms with van der Waals surface area (Å²) in [7, 11) is 0. The molecule has 2 bridgehead atoms. The number of nitrogens with one attached hydrogen (secondary N) is 2. The van der Waals surface area contributed by atoms with Crippen LogP contribution in [0.1, 0.15) is 24.8 Å². The first kappa shape index (κ1) is 14.8. The SMILES string of the molecule is CC12C[C@@H](c3cccc(Oc4ccccc4)c3)C(C(=O)N1)C(=O)N2. The molecular weight excluding hydrogens is 304 g/mol. The Morgan fingerprint density at radius 2 is 1.62 bits per heavy atom. The molecule has 5 rings (SSSR count). The minimum Gasteiger partial charge on any atom is -0.457 e. The van der Waals surface area contributed by atoms with Gasteiger partial charge in [-0.25, -0.2) is 0 Å². The lowest BCUT2D eigenvalue weighted by Crippen LogP contribution is -2.72. The van der Waals surface area contributed by atoms with Crippen LogP contribution >= 0.6 is 0 Å². The van der Waals surface area contributed by atoms with Crippen molar-refractivity contribution < 1.29 is 14.3 Å². The highest BCUT2D eigenvalue weighted by molar-refractivity contribution is 6.05. The Bertz CT molecular complexity index is 785. The molecule has 1 atom stereocenters. The van der Waals surface area contributed by atoms with Crippen LogP contribution in [-0.4, -0.2) is 17.5 Å². The molecule has 0 aliphatic carbocycles. The largest absolute Gasteiger partial charge is 0.457 e. The smallest absolute Gasteiger partial charge is 0.235 e. The fraction of sp³-hybridized carbons (Fsp3) is 0.263. The zero-order chi connectivity index (χ0) is 16.7. The third-order valence-corrected chi connectivity index (χ3v) is 4.66. The van der Waals surface area contributed by atoms with Crippen LogP contribution in [0.3, 0.4) is 0 Å². The van der Waals surface area contributed by atoms with E-state index in [0.29, 0.717) is 12.2 Å².